The zero-order valence-corrected chi connectivity index (χ0v) is 19.5. The molecule has 1 unspecified atom stereocenters. The molecule has 0 radical (unpaired) electrons. The van der Waals surface area contributed by atoms with Gasteiger partial charge in [0, 0.05) is 46.9 Å². The topological polar surface area (TPSA) is 81.3 Å². The third-order valence-corrected chi connectivity index (χ3v) is 6.43. The van der Waals surface area contributed by atoms with E-state index in [0.29, 0.717) is 45.6 Å². The van der Waals surface area contributed by atoms with Crippen molar-refractivity contribution in [2.75, 3.05) is 7.11 Å². The molecule has 0 spiro atoms. The van der Waals surface area contributed by atoms with Gasteiger partial charge in [0.1, 0.15) is 11.5 Å². The highest BCUT2D eigenvalue weighted by Crippen LogP contribution is 2.34. The van der Waals surface area contributed by atoms with Crippen molar-refractivity contribution >= 4 is 28.3 Å². The fourth-order valence-electron chi connectivity index (χ4n) is 4.47. The Morgan fingerprint density at radius 3 is 2.39 bits per heavy atom. The van der Waals surface area contributed by atoms with Crippen molar-refractivity contribution < 1.29 is 27.4 Å². The average molecular weight is 515 g/mol. The molecule has 0 aliphatic heterocycles. The van der Waals surface area contributed by atoms with Crippen molar-refractivity contribution in [1.82, 2.24) is 9.97 Å². The van der Waals surface area contributed by atoms with Crippen molar-refractivity contribution in [2.24, 2.45) is 0 Å². The van der Waals surface area contributed by atoms with Crippen LogP contribution in [-0.4, -0.2) is 29.2 Å². The number of halogens is 4. The van der Waals surface area contributed by atoms with Crippen LogP contribution in [0, 0.1) is 0 Å². The maximum absolute atomic E-state index is 13.1. The molecular weight excluding hydrogens is 497 g/mol. The van der Waals surface area contributed by atoms with E-state index in [2.05, 4.69) is 14.7 Å². The number of H-pyrrole nitrogens is 1. The van der Waals surface area contributed by atoms with Gasteiger partial charge < -0.3 is 14.5 Å². The standard InChI is InChI=1S/C26H18ClF3N2O4/c1-35-23-11-20-17(10-18(23)27)25(34)24-21(32-20)8-15(9-22(24)33)19-7-4-14(12-31-19)13-2-5-16(6-3-13)36-26(28,29)30/h2-7,10-12,15H,8-9H2,1H3,(H,32,34). The quantitative estimate of drug-likeness (QED) is 0.358. The van der Waals surface area contributed by atoms with Gasteiger partial charge in [-0.1, -0.05) is 29.8 Å². The number of nitrogens with one attached hydrogen (secondary N) is 1. The predicted molar refractivity (Wildman–Crippen MR) is 128 cm³/mol. The molecule has 0 bridgehead atoms. The molecule has 2 aromatic carbocycles. The van der Waals surface area contributed by atoms with Crippen LogP contribution in [0.15, 0.2) is 59.5 Å². The van der Waals surface area contributed by atoms with E-state index in [9.17, 15) is 22.8 Å². The van der Waals surface area contributed by atoms with E-state index in [-0.39, 0.29) is 39.9 Å². The third kappa shape index (κ3) is 4.54. The van der Waals surface area contributed by atoms with Crippen LogP contribution in [0.3, 0.4) is 0 Å². The first kappa shape index (κ1) is 23.9. The molecule has 0 saturated heterocycles. The highest BCUT2D eigenvalue weighted by molar-refractivity contribution is 6.32. The molecule has 6 nitrogen and oxygen atoms in total. The molecule has 5 rings (SSSR count). The summed E-state index contributed by atoms with van der Waals surface area (Å²) >= 11 is 6.17. The van der Waals surface area contributed by atoms with Crippen LogP contribution in [-0.2, 0) is 6.42 Å². The number of aromatic nitrogens is 2. The van der Waals surface area contributed by atoms with E-state index < -0.39 is 6.36 Å². The first-order chi connectivity index (χ1) is 17.1. The van der Waals surface area contributed by atoms with Crippen LogP contribution in [0.2, 0.25) is 5.02 Å². The van der Waals surface area contributed by atoms with Crippen LogP contribution in [0.1, 0.15) is 34.1 Å². The van der Waals surface area contributed by atoms with E-state index in [1.807, 2.05) is 0 Å². The smallest absolute Gasteiger partial charge is 0.495 e. The highest BCUT2D eigenvalue weighted by atomic mass is 35.5. The predicted octanol–water partition coefficient (Wildman–Crippen LogP) is 6.06. The summed E-state index contributed by atoms with van der Waals surface area (Å²) in [5.74, 6) is -0.420. The van der Waals surface area contributed by atoms with Crippen molar-refractivity contribution in [2.45, 2.75) is 25.1 Å². The molecule has 36 heavy (non-hydrogen) atoms. The minimum absolute atomic E-state index is 0.126. The van der Waals surface area contributed by atoms with Gasteiger partial charge in [-0.15, -0.1) is 13.2 Å². The lowest BCUT2D eigenvalue weighted by atomic mass is 9.83. The maximum atomic E-state index is 13.1. The lowest BCUT2D eigenvalue weighted by Gasteiger charge is -2.23. The minimum atomic E-state index is -4.75. The molecule has 1 N–H and O–H groups in total. The number of Topliss-reactive ketones (excluding diaryl/α,β-unsaturated/α-hetero) is 1. The van der Waals surface area contributed by atoms with Crippen molar-refractivity contribution in [3.63, 3.8) is 0 Å². The van der Waals surface area contributed by atoms with Crippen LogP contribution in [0.25, 0.3) is 22.0 Å². The number of carbonyl (C=O) groups is 1. The van der Waals surface area contributed by atoms with Gasteiger partial charge in [-0.05, 0) is 36.2 Å². The maximum Gasteiger partial charge on any atom is 0.573 e. The molecule has 184 valence electrons. The first-order valence-electron chi connectivity index (χ1n) is 10.9. The van der Waals surface area contributed by atoms with E-state index in [0.717, 1.165) is 0 Å². The molecule has 0 saturated carbocycles. The van der Waals surface area contributed by atoms with E-state index in [1.165, 1.54) is 37.4 Å². The molecule has 4 aromatic rings. The molecule has 0 amide bonds. The number of fused-ring (bicyclic) bond motifs is 2. The molecule has 1 atom stereocenters. The van der Waals surface area contributed by atoms with Gasteiger partial charge in [-0.25, -0.2) is 0 Å². The summed E-state index contributed by atoms with van der Waals surface area (Å²) in [6, 6.07) is 12.2. The second-order valence-corrected chi connectivity index (χ2v) is 8.82. The first-order valence-corrected chi connectivity index (χ1v) is 11.3. The van der Waals surface area contributed by atoms with E-state index in [4.69, 9.17) is 16.3 Å². The Hall–Kier alpha value is -3.85. The number of hydrogen-bond acceptors (Lipinski definition) is 5. The van der Waals surface area contributed by atoms with Crippen LogP contribution < -0.4 is 14.9 Å². The van der Waals surface area contributed by atoms with Gasteiger partial charge in [0.2, 0.25) is 5.43 Å². The van der Waals surface area contributed by atoms with Gasteiger partial charge in [-0.3, -0.25) is 14.6 Å². The molecule has 0 fully saturated rings. The van der Waals surface area contributed by atoms with Crippen LogP contribution in [0.5, 0.6) is 11.5 Å². The van der Waals surface area contributed by atoms with Gasteiger partial charge in [0.25, 0.3) is 0 Å². The van der Waals surface area contributed by atoms with Gasteiger partial charge in [0.15, 0.2) is 5.78 Å². The Morgan fingerprint density at radius 1 is 1.03 bits per heavy atom. The summed E-state index contributed by atoms with van der Waals surface area (Å²) in [5.41, 5.74) is 2.86. The largest absolute Gasteiger partial charge is 0.573 e. The van der Waals surface area contributed by atoms with E-state index in [1.54, 1.807) is 24.4 Å². The number of alkyl halides is 3. The van der Waals surface area contributed by atoms with Crippen molar-refractivity contribution in [3.05, 3.63) is 86.9 Å². The number of benzene rings is 2. The Bertz CT molecular complexity index is 1530. The molecule has 1 aliphatic carbocycles. The molecule has 2 aromatic heterocycles. The number of carbonyl (C=O) groups excluding carboxylic acids is 1. The molecule has 1 aliphatic rings. The Kier molecular flexibility index (Phi) is 5.96. The number of pyridine rings is 2. The molecule has 2 heterocycles. The summed E-state index contributed by atoms with van der Waals surface area (Å²) in [6.07, 6.45) is -2.62. The van der Waals surface area contributed by atoms with Gasteiger partial charge in [0.05, 0.1) is 23.2 Å². The van der Waals surface area contributed by atoms with Gasteiger partial charge in [-0.2, -0.15) is 0 Å². The Balaban J connectivity index is 1.41. The number of hydrogen-bond donors (Lipinski definition) is 1. The molecular formula is C26H18ClF3N2O4. The second-order valence-electron chi connectivity index (χ2n) is 8.41. The van der Waals surface area contributed by atoms with Gasteiger partial charge >= 0.3 is 6.36 Å². The normalized spacial score (nSPS) is 15.6. The SMILES string of the molecule is COc1cc2[nH]c3c(c(=O)c2cc1Cl)C(=O)CC(c1ccc(-c2ccc(OC(F)(F)F)cc2)cn1)C3. The number of ether oxygens (including phenoxy) is 2. The number of methoxy groups -OCH3 is 1. The zero-order valence-electron chi connectivity index (χ0n) is 18.8. The summed E-state index contributed by atoms with van der Waals surface area (Å²) in [6.45, 7) is 0. The second kappa shape index (κ2) is 8.98. The van der Waals surface area contributed by atoms with Crippen molar-refractivity contribution in [1.29, 1.82) is 0 Å². The van der Waals surface area contributed by atoms with Crippen LogP contribution in [0.4, 0.5) is 13.2 Å². The minimum Gasteiger partial charge on any atom is -0.495 e. The molecule has 10 heteroatoms. The number of ketones is 1. The summed E-state index contributed by atoms with van der Waals surface area (Å²) in [5, 5.41) is 0.601. The Labute approximate surface area is 207 Å². The zero-order chi connectivity index (χ0) is 25.6. The Morgan fingerprint density at radius 2 is 1.75 bits per heavy atom. The summed E-state index contributed by atoms with van der Waals surface area (Å²) in [4.78, 5) is 33.7. The van der Waals surface area contributed by atoms with Crippen molar-refractivity contribution in [3.8, 4) is 22.6 Å². The lowest BCUT2D eigenvalue weighted by Crippen LogP contribution is -2.28. The fourth-order valence-corrected chi connectivity index (χ4v) is 4.71. The third-order valence-electron chi connectivity index (χ3n) is 6.14. The summed E-state index contributed by atoms with van der Waals surface area (Å²) < 4.78 is 46.2. The fraction of sp³-hybridized carbons (Fsp3) is 0.192. The van der Waals surface area contributed by atoms with E-state index >= 15 is 0 Å². The number of aromatic amines is 1. The number of rotatable bonds is 4. The highest BCUT2D eigenvalue weighted by Gasteiger charge is 2.32. The average Bonchev–Trinajstić information content (AvgIpc) is 2.83. The number of nitrogens with zero attached hydrogens (tertiary/aromatic N) is 1. The monoisotopic (exact) mass is 514 g/mol. The van der Waals surface area contributed by atoms with Crippen LogP contribution >= 0.6 is 11.6 Å². The lowest BCUT2D eigenvalue weighted by molar-refractivity contribution is -0.274. The summed E-state index contributed by atoms with van der Waals surface area (Å²) in [7, 11) is 1.48.